The molecule has 1 rings (SSSR count). The lowest BCUT2D eigenvalue weighted by atomic mass is 10.3. The van der Waals surface area contributed by atoms with Gasteiger partial charge in [0.1, 0.15) is 0 Å². The molecule has 82 valence electrons. The number of piperazine rings is 1. The van der Waals surface area contributed by atoms with Crippen LogP contribution in [-0.2, 0) is 4.79 Å². The molecule has 5 nitrogen and oxygen atoms in total. The zero-order chi connectivity index (χ0) is 10.4. The number of aliphatic hydroxyl groups excluding tert-OH is 1. The first-order valence-electron chi connectivity index (χ1n) is 5.09. The minimum absolute atomic E-state index is 0.0341. The van der Waals surface area contributed by atoms with E-state index in [0.29, 0.717) is 0 Å². The number of aliphatic hydroxyl groups is 1. The molecule has 0 aromatic heterocycles. The van der Waals surface area contributed by atoms with Crippen LogP contribution in [0.3, 0.4) is 0 Å². The molecule has 0 aromatic carbocycles. The molecular formula is C9H19N3O2. The highest BCUT2D eigenvalue weighted by molar-refractivity contribution is 5.78. The Balaban J connectivity index is 2.20. The van der Waals surface area contributed by atoms with Crippen molar-refractivity contribution in [3.63, 3.8) is 0 Å². The predicted octanol–water partition coefficient (Wildman–Crippen LogP) is -1.53. The lowest BCUT2D eigenvalue weighted by Gasteiger charge is -2.34. The van der Waals surface area contributed by atoms with Crippen molar-refractivity contribution in [3.05, 3.63) is 0 Å². The lowest BCUT2D eigenvalue weighted by molar-refractivity contribution is -0.131. The van der Waals surface area contributed by atoms with Gasteiger partial charge in [0.05, 0.1) is 6.54 Å². The normalized spacial score (nSPS) is 18.6. The lowest BCUT2D eigenvalue weighted by Crippen LogP contribution is -2.50. The number of rotatable bonds is 4. The fourth-order valence-corrected chi connectivity index (χ4v) is 1.64. The molecule has 3 N–H and O–H groups in total. The van der Waals surface area contributed by atoms with E-state index in [4.69, 9.17) is 10.8 Å². The van der Waals surface area contributed by atoms with Gasteiger partial charge in [-0.2, -0.15) is 0 Å². The first-order chi connectivity index (χ1) is 6.77. The van der Waals surface area contributed by atoms with Crippen molar-refractivity contribution >= 4 is 5.91 Å². The van der Waals surface area contributed by atoms with E-state index in [9.17, 15) is 4.79 Å². The van der Waals surface area contributed by atoms with Gasteiger partial charge < -0.3 is 15.7 Å². The van der Waals surface area contributed by atoms with Crippen molar-refractivity contribution in [2.45, 2.75) is 6.42 Å². The van der Waals surface area contributed by atoms with Gasteiger partial charge in [-0.15, -0.1) is 0 Å². The molecule has 0 spiro atoms. The molecule has 5 heteroatoms. The van der Waals surface area contributed by atoms with Crippen LogP contribution in [0.15, 0.2) is 0 Å². The van der Waals surface area contributed by atoms with Gasteiger partial charge in [-0.3, -0.25) is 9.69 Å². The third-order valence-corrected chi connectivity index (χ3v) is 2.53. The molecule has 1 amide bonds. The second-order valence-corrected chi connectivity index (χ2v) is 3.50. The molecule has 0 atom stereocenters. The van der Waals surface area contributed by atoms with Crippen molar-refractivity contribution in [1.82, 2.24) is 9.80 Å². The number of nitrogens with two attached hydrogens (primary N) is 1. The van der Waals surface area contributed by atoms with Gasteiger partial charge in [0.15, 0.2) is 0 Å². The van der Waals surface area contributed by atoms with Gasteiger partial charge >= 0.3 is 0 Å². The zero-order valence-electron chi connectivity index (χ0n) is 8.48. The fourth-order valence-electron chi connectivity index (χ4n) is 1.64. The Hall–Kier alpha value is -0.650. The van der Waals surface area contributed by atoms with Gasteiger partial charge in [-0.25, -0.2) is 0 Å². The number of hydrogen-bond donors (Lipinski definition) is 2. The Morgan fingerprint density at radius 1 is 1.29 bits per heavy atom. The molecule has 0 aromatic rings. The van der Waals surface area contributed by atoms with Crippen LogP contribution < -0.4 is 5.73 Å². The van der Waals surface area contributed by atoms with E-state index in [0.717, 1.165) is 39.1 Å². The average molecular weight is 201 g/mol. The second kappa shape index (κ2) is 5.95. The SMILES string of the molecule is NCC(=O)N1CCN(CCCO)CC1. The summed E-state index contributed by atoms with van der Waals surface area (Å²) in [7, 11) is 0. The van der Waals surface area contributed by atoms with Crippen molar-refractivity contribution in [3.8, 4) is 0 Å². The first kappa shape index (κ1) is 11.4. The zero-order valence-corrected chi connectivity index (χ0v) is 8.48. The summed E-state index contributed by atoms with van der Waals surface area (Å²) in [6.07, 6.45) is 0.810. The van der Waals surface area contributed by atoms with Crippen LogP contribution in [0.1, 0.15) is 6.42 Å². The second-order valence-electron chi connectivity index (χ2n) is 3.50. The highest BCUT2D eigenvalue weighted by Gasteiger charge is 2.19. The summed E-state index contributed by atoms with van der Waals surface area (Å²) in [4.78, 5) is 15.3. The van der Waals surface area contributed by atoms with Crippen molar-refractivity contribution in [1.29, 1.82) is 0 Å². The van der Waals surface area contributed by atoms with E-state index >= 15 is 0 Å². The molecule has 0 unspecified atom stereocenters. The summed E-state index contributed by atoms with van der Waals surface area (Å²) < 4.78 is 0. The highest BCUT2D eigenvalue weighted by atomic mass is 16.3. The standard InChI is InChI=1S/C9H19N3O2/c10-8-9(14)12-5-3-11(4-6-12)2-1-7-13/h13H,1-8,10H2. The van der Waals surface area contributed by atoms with E-state index in [1.54, 1.807) is 4.90 Å². The molecule has 14 heavy (non-hydrogen) atoms. The largest absolute Gasteiger partial charge is 0.396 e. The summed E-state index contributed by atoms with van der Waals surface area (Å²) in [6, 6.07) is 0. The Morgan fingerprint density at radius 3 is 2.43 bits per heavy atom. The quantitative estimate of drug-likeness (QED) is 0.579. The molecule has 1 heterocycles. The van der Waals surface area contributed by atoms with E-state index in [2.05, 4.69) is 4.90 Å². The molecule has 1 aliphatic rings. The van der Waals surface area contributed by atoms with Crippen LogP contribution >= 0.6 is 0 Å². The van der Waals surface area contributed by atoms with Crippen LogP contribution in [-0.4, -0.2) is 66.7 Å². The summed E-state index contributed by atoms with van der Waals surface area (Å²) in [5.74, 6) is 0.0341. The Labute approximate surface area is 84.5 Å². The van der Waals surface area contributed by atoms with Crippen molar-refractivity contribution in [2.75, 3.05) is 45.9 Å². The smallest absolute Gasteiger partial charge is 0.236 e. The van der Waals surface area contributed by atoms with Crippen LogP contribution in [0.2, 0.25) is 0 Å². The first-order valence-corrected chi connectivity index (χ1v) is 5.09. The number of hydrogen-bond acceptors (Lipinski definition) is 4. The molecule has 1 aliphatic heterocycles. The van der Waals surface area contributed by atoms with Gasteiger partial charge in [-0.1, -0.05) is 0 Å². The molecule has 1 saturated heterocycles. The Kier molecular flexibility index (Phi) is 4.86. The molecule has 0 radical (unpaired) electrons. The predicted molar refractivity (Wildman–Crippen MR) is 53.8 cm³/mol. The maximum atomic E-state index is 11.2. The van der Waals surface area contributed by atoms with Gasteiger partial charge in [-0.05, 0) is 6.42 Å². The topological polar surface area (TPSA) is 69.8 Å². The number of carbonyl (C=O) groups is 1. The van der Waals surface area contributed by atoms with E-state index in [1.807, 2.05) is 0 Å². The summed E-state index contributed by atoms with van der Waals surface area (Å²) >= 11 is 0. The van der Waals surface area contributed by atoms with E-state index < -0.39 is 0 Å². The maximum absolute atomic E-state index is 11.2. The van der Waals surface area contributed by atoms with Crippen LogP contribution in [0, 0.1) is 0 Å². The third kappa shape index (κ3) is 3.25. The molecule has 0 bridgehead atoms. The molecule has 1 fully saturated rings. The summed E-state index contributed by atoms with van der Waals surface area (Å²) in [5.41, 5.74) is 5.28. The number of amides is 1. The van der Waals surface area contributed by atoms with E-state index in [1.165, 1.54) is 0 Å². The number of carbonyl (C=O) groups excluding carboxylic acids is 1. The Bertz CT molecular complexity index is 179. The summed E-state index contributed by atoms with van der Waals surface area (Å²) in [5, 5.41) is 8.67. The monoisotopic (exact) mass is 201 g/mol. The fraction of sp³-hybridized carbons (Fsp3) is 0.889. The van der Waals surface area contributed by atoms with Gasteiger partial charge in [0.25, 0.3) is 0 Å². The molecule has 0 saturated carbocycles. The third-order valence-electron chi connectivity index (χ3n) is 2.53. The van der Waals surface area contributed by atoms with Crippen molar-refractivity contribution in [2.24, 2.45) is 5.73 Å². The molecular weight excluding hydrogens is 182 g/mol. The van der Waals surface area contributed by atoms with Crippen LogP contribution in [0.4, 0.5) is 0 Å². The maximum Gasteiger partial charge on any atom is 0.236 e. The van der Waals surface area contributed by atoms with Crippen LogP contribution in [0.25, 0.3) is 0 Å². The van der Waals surface area contributed by atoms with Crippen LogP contribution in [0.5, 0.6) is 0 Å². The average Bonchev–Trinajstić information content (AvgIpc) is 2.26. The van der Waals surface area contributed by atoms with Gasteiger partial charge in [0, 0.05) is 39.3 Å². The minimum atomic E-state index is 0.0341. The minimum Gasteiger partial charge on any atom is -0.396 e. The number of nitrogens with zero attached hydrogens (tertiary/aromatic N) is 2. The van der Waals surface area contributed by atoms with Gasteiger partial charge in [0.2, 0.25) is 5.91 Å². The summed E-state index contributed by atoms with van der Waals surface area (Å²) in [6.45, 7) is 4.58. The highest BCUT2D eigenvalue weighted by Crippen LogP contribution is 2.02. The van der Waals surface area contributed by atoms with E-state index in [-0.39, 0.29) is 19.1 Å². The Morgan fingerprint density at radius 2 is 1.93 bits per heavy atom. The van der Waals surface area contributed by atoms with Crippen molar-refractivity contribution < 1.29 is 9.90 Å². The molecule has 0 aliphatic carbocycles.